The quantitative estimate of drug-likeness (QED) is 0.388. The molecule has 32 heavy (non-hydrogen) atoms. The molecule has 0 amide bonds. The summed E-state index contributed by atoms with van der Waals surface area (Å²) in [6.07, 6.45) is 2.01. The fourth-order valence-electron chi connectivity index (χ4n) is 4.11. The van der Waals surface area contributed by atoms with Gasteiger partial charge in [0.1, 0.15) is 5.75 Å². The van der Waals surface area contributed by atoms with Crippen LogP contribution in [-0.4, -0.2) is 50.5 Å². The topological polar surface area (TPSA) is 75.1 Å². The summed E-state index contributed by atoms with van der Waals surface area (Å²) in [5, 5.41) is 17.1. The number of hydrogen-bond acceptors (Lipinski definition) is 4. The maximum atomic E-state index is 10.4. The minimum atomic E-state index is -0.489. The van der Waals surface area contributed by atoms with Crippen molar-refractivity contribution < 1.29 is 14.6 Å². The third kappa shape index (κ3) is 6.71. The van der Waals surface area contributed by atoms with Crippen LogP contribution in [0.15, 0.2) is 59.6 Å². The second-order valence-electron chi connectivity index (χ2n) is 8.19. The van der Waals surface area contributed by atoms with Crippen molar-refractivity contribution in [2.24, 2.45) is 4.99 Å². The number of nitrogens with one attached hydrogen (secondary N) is 2. The van der Waals surface area contributed by atoms with Crippen molar-refractivity contribution in [2.75, 3.05) is 39.5 Å². The summed E-state index contributed by atoms with van der Waals surface area (Å²) in [4.78, 5) is 4.94. The third-order valence-corrected chi connectivity index (χ3v) is 6.01. The minimum absolute atomic E-state index is 0.0467. The zero-order valence-corrected chi connectivity index (χ0v) is 19.3. The van der Waals surface area contributed by atoms with E-state index in [4.69, 9.17) is 14.5 Å². The van der Waals surface area contributed by atoms with Gasteiger partial charge in [-0.05, 0) is 56.4 Å². The van der Waals surface area contributed by atoms with Gasteiger partial charge < -0.3 is 25.2 Å². The standard InChI is InChI=1S/C26H37N3O3/c1-3-27-25(28-17-14-24(30)21-8-6-5-7-9-21)29-20-26(15-18-31-19-16-26)22-10-12-23(13-11-22)32-4-2/h5-13,24,30H,3-4,14-20H2,1-2H3,(H2,27,28,29). The molecule has 1 fully saturated rings. The lowest BCUT2D eigenvalue weighted by Gasteiger charge is -2.36. The molecule has 1 saturated heterocycles. The Morgan fingerprint density at radius 2 is 1.78 bits per heavy atom. The number of aliphatic hydroxyl groups excluding tert-OH is 1. The van der Waals surface area contributed by atoms with E-state index in [-0.39, 0.29) is 5.41 Å². The molecule has 0 radical (unpaired) electrons. The summed E-state index contributed by atoms with van der Waals surface area (Å²) in [6.45, 7) is 8.32. The number of aliphatic imine (C=N–C) groups is 1. The zero-order valence-electron chi connectivity index (χ0n) is 19.3. The molecule has 1 atom stereocenters. The number of rotatable bonds is 10. The monoisotopic (exact) mass is 439 g/mol. The molecule has 3 rings (SSSR count). The van der Waals surface area contributed by atoms with Gasteiger partial charge in [0, 0.05) is 31.7 Å². The fraction of sp³-hybridized carbons (Fsp3) is 0.500. The lowest BCUT2D eigenvalue weighted by atomic mass is 9.74. The predicted molar refractivity (Wildman–Crippen MR) is 129 cm³/mol. The molecule has 0 bridgehead atoms. The molecule has 6 heteroatoms. The van der Waals surface area contributed by atoms with E-state index < -0.39 is 6.10 Å². The van der Waals surface area contributed by atoms with E-state index in [1.807, 2.05) is 49.4 Å². The molecule has 174 valence electrons. The Bertz CT molecular complexity index is 818. The van der Waals surface area contributed by atoms with Gasteiger partial charge in [0.25, 0.3) is 0 Å². The summed E-state index contributed by atoms with van der Waals surface area (Å²) in [7, 11) is 0. The molecule has 0 aromatic heterocycles. The van der Waals surface area contributed by atoms with Crippen molar-refractivity contribution in [1.82, 2.24) is 10.6 Å². The first-order valence-corrected chi connectivity index (χ1v) is 11.7. The number of hydrogen-bond donors (Lipinski definition) is 3. The largest absolute Gasteiger partial charge is 0.494 e. The number of nitrogens with zero attached hydrogens (tertiary/aromatic N) is 1. The maximum Gasteiger partial charge on any atom is 0.191 e. The van der Waals surface area contributed by atoms with E-state index in [9.17, 15) is 5.11 Å². The molecule has 1 aliphatic heterocycles. The van der Waals surface area contributed by atoms with E-state index in [1.165, 1.54) is 5.56 Å². The molecule has 1 unspecified atom stereocenters. The summed E-state index contributed by atoms with van der Waals surface area (Å²) < 4.78 is 11.3. The number of benzene rings is 2. The molecule has 0 saturated carbocycles. The second kappa shape index (κ2) is 12.5. The summed E-state index contributed by atoms with van der Waals surface area (Å²) >= 11 is 0. The van der Waals surface area contributed by atoms with Gasteiger partial charge in [-0.15, -0.1) is 0 Å². The Morgan fingerprint density at radius 3 is 2.44 bits per heavy atom. The highest BCUT2D eigenvalue weighted by atomic mass is 16.5. The Hall–Kier alpha value is -2.57. The second-order valence-corrected chi connectivity index (χ2v) is 8.19. The van der Waals surface area contributed by atoms with Gasteiger partial charge in [-0.25, -0.2) is 0 Å². The van der Waals surface area contributed by atoms with Crippen LogP contribution >= 0.6 is 0 Å². The molecule has 1 aliphatic rings. The normalized spacial score (nSPS) is 16.9. The lowest BCUT2D eigenvalue weighted by Crippen LogP contribution is -2.41. The Balaban J connectivity index is 1.65. The molecule has 2 aromatic rings. The summed E-state index contributed by atoms with van der Waals surface area (Å²) in [5.41, 5.74) is 2.17. The van der Waals surface area contributed by atoms with E-state index in [0.717, 1.165) is 49.9 Å². The Morgan fingerprint density at radius 1 is 1.06 bits per heavy atom. The van der Waals surface area contributed by atoms with Gasteiger partial charge in [0.15, 0.2) is 5.96 Å². The fourth-order valence-corrected chi connectivity index (χ4v) is 4.11. The molecular formula is C26H37N3O3. The van der Waals surface area contributed by atoms with E-state index in [2.05, 4.69) is 29.7 Å². The Labute approximate surface area is 192 Å². The molecule has 0 spiro atoms. The van der Waals surface area contributed by atoms with Crippen molar-refractivity contribution >= 4 is 5.96 Å². The van der Waals surface area contributed by atoms with Crippen LogP contribution in [-0.2, 0) is 10.2 Å². The first kappa shape index (κ1) is 24.1. The first-order chi connectivity index (χ1) is 15.7. The van der Waals surface area contributed by atoms with Crippen LogP contribution < -0.4 is 15.4 Å². The van der Waals surface area contributed by atoms with Gasteiger partial charge in [-0.2, -0.15) is 0 Å². The summed E-state index contributed by atoms with van der Waals surface area (Å²) in [6, 6.07) is 18.2. The van der Waals surface area contributed by atoms with Crippen LogP contribution in [0.25, 0.3) is 0 Å². The minimum Gasteiger partial charge on any atom is -0.494 e. The summed E-state index contributed by atoms with van der Waals surface area (Å²) in [5.74, 6) is 1.68. The smallest absolute Gasteiger partial charge is 0.191 e. The van der Waals surface area contributed by atoms with Crippen molar-refractivity contribution in [2.45, 2.75) is 44.6 Å². The van der Waals surface area contributed by atoms with Gasteiger partial charge in [0.2, 0.25) is 0 Å². The van der Waals surface area contributed by atoms with Crippen LogP contribution in [0.3, 0.4) is 0 Å². The number of aliphatic hydroxyl groups is 1. The molecule has 6 nitrogen and oxygen atoms in total. The van der Waals surface area contributed by atoms with Crippen LogP contribution in [0.1, 0.15) is 50.3 Å². The Kier molecular flexibility index (Phi) is 9.38. The van der Waals surface area contributed by atoms with Crippen molar-refractivity contribution in [1.29, 1.82) is 0 Å². The predicted octanol–water partition coefficient (Wildman–Crippen LogP) is 3.81. The first-order valence-electron chi connectivity index (χ1n) is 11.7. The van der Waals surface area contributed by atoms with Crippen molar-refractivity contribution in [3.8, 4) is 5.75 Å². The SMILES string of the molecule is CCNC(=NCC1(c2ccc(OCC)cc2)CCOCC1)NCCC(O)c1ccccc1. The highest BCUT2D eigenvalue weighted by Crippen LogP contribution is 2.36. The van der Waals surface area contributed by atoms with Crippen LogP contribution in [0.5, 0.6) is 5.75 Å². The van der Waals surface area contributed by atoms with E-state index in [0.29, 0.717) is 26.1 Å². The molecule has 3 N–H and O–H groups in total. The zero-order chi connectivity index (χ0) is 22.7. The van der Waals surface area contributed by atoms with Crippen molar-refractivity contribution in [3.05, 3.63) is 65.7 Å². The van der Waals surface area contributed by atoms with E-state index in [1.54, 1.807) is 0 Å². The lowest BCUT2D eigenvalue weighted by molar-refractivity contribution is 0.0531. The van der Waals surface area contributed by atoms with Crippen LogP contribution in [0, 0.1) is 0 Å². The van der Waals surface area contributed by atoms with Crippen LogP contribution in [0.2, 0.25) is 0 Å². The van der Waals surface area contributed by atoms with Gasteiger partial charge in [-0.1, -0.05) is 42.5 Å². The molecule has 1 heterocycles. The maximum absolute atomic E-state index is 10.4. The van der Waals surface area contributed by atoms with Gasteiger partial charge in [0.05, 0.1) is 19.3 Å². The number of ether oxygens (including phenoxy) is 2. The molecule has 0 aliphatic carbocycles. The van der Waals surface area contributed by atoms with Crippen molar-refractivity contribution in [3.63, 3.8) is 0 Å². The highest BCUT2D eigenvalue weighted by Gasteiger charge is 2.34. The molecular weight excluding hydrogens is 402 g/mol. The van der Waals surface area contributed by atoms with Crippen LogP contribution in [0.4, 0.5) is 0 Å². The third-order valence-electron chi connectivity index (χ3n) is 6.01. The number of guanidine groups is 1. The van der Waals surface area contributed by atoms with E-state index >= 15 is 0 Å². The average Bonchev–Trinajstić information content (AvgIpc) is 2.84. The van der Waals surface area contributed by atoms with Gasteiger partial charge in [-0.3, -0.25) is 4.99 Å². The highest BCUT2D eigenvalue weighted by molar-refractivity contribution is 5.79. The average molecular weight is 440 g/mol. The molecule has 2 aromatic carbocycles. The van der Waals surface area contributed by atoms with Gasteiger partial charge >= 0.3 is 0 Å².